The molecule has 30 heavy (non-hydrogen) atoms. The molecular weight excluding hydrogens is 424 g/mol. The number of fused-ring (bicyclic) bond motifs is 1. The SMILES string of the molecule is C[C@H]1c2cccn2CCN1CC(=O)Nc1ccc(Cl)c(S(=O)(=O)N2CCCCC2)c1. The Morgan fingerprint density at radius 3 is 2.67 bits per heavy atom. The quantitative estimate of drug-likeness (QED) is 0.758. The highest BCUT2D eigenvalue weighted by Gasteiger charge is 2.29. The Bertz CT molecular complexity index is 1030. The zero-order valence-corrected chi connectivity index (χ0v) is 18.6. The molecule has 1 aromatic heterocycles. The lowest BCUT2D eigenvalue weighted by molar-refractivity contribution is -0.118. The van der Waals surface area contributed by atoms with Gasteiger partial charge in [0.1, 0.15) is 4.90 Å². The van der Waals surface area contributed by atoms with Crippen molar-refractivity contribution in [2.24, 2.45) is 0 Å². The van der Waals surface area contributed by atoms with Gasteiger partial charge in [0, 0.05) is 49.8 Å². The van der Waals surface area contributed by atoms with E-state index in [0.29, 0.717) is 18.8 Å². The van der Waals surface area contributed by atoms with Gasteiger partial charge in [-0.3, -0.25) is 9.69 Å². The zero-order valence-electron chi connectivity index (χ0n) is 17.1. The molecule has 0 unspecified atom stereocenters. The number of carbonyl (C=O) groups excluding carboxylic acids is 1. The van der Waals surface area contributed by atoms with Gasteiger partial charge in [-0.2, -0.15) is 4.31 Å². The summed E-state index contributed by atoms with van der Waals surface area (Å²) in [7, 11) is -3.68. The average Bonchev–Trinajstić information content (AvgIpc) is 3.22. The van der Waals surface area contributed by atoms with Gasteiger partial charge in [0.2, 0.25) is 15.9 Å². The van der Waals surface area contributed by atoms with Crippen molar-refractivity contribution < 1.29 is 13.2 Å². The maximum Gasteiger partial charge on any atom is 0.244 e. The number of hydrogen-bond donors (Lipinski definition) is 1. The van der Waals surface area contributed by atoms with Crippen molar-refractivity contribution in [3.8, 4) is 0 Å². The summed E-state index contributed by atoms with van der Waals surface area (Å²) >= 11 is 6.22. The Hall–Kier alpha value is -1.87. The monoisotopic (exact) mass is 450 g/mol. The summed E-state index contributed by atoms with van der Waals surface area (Å²) in [4.78, 5) is 14.8. The van der Waals surface area contributed by atoms with Crippen LogP contribution in [0.1, 0.15) is 37.9 Å². The second-order valence-corrected chi connectivity index (χ2v) is 10.2. The van der Waals surface area contributed by atoms with E-state index in [1.807, 2.05) is 6.07 Å². The summed E-state index contributed by atoms with van der Waals surface area (Å²) in [6.07, 6.45) is 4.80. The lowest BCUT2D eigenvalue weighted by atomic mass is 10.1. The van der Waals surface area contributed by atoms with E-state index in [9.17, 15) is 13.2 Å². The second kappa shape index (κ2) is 8.70. The van der Waals surface area contributed by atoms with Crippen molar-refractivity contribution in [2.75, 3.05) is 31.5 Å². The highest BCUT2D eigenvalue weighted by Crippen LogP contribution is 2.30. The summed E-state index contributed by atoms with van der Waals surface area (Å²) in [5, 5.41) is 3.01. The molecule has 1 fully saturated rings. The van der Waals surface area contributed by atoms with Crippen LogP contribution in [0.15, 0.2) is 41.4 Å². The second-order valence-electron chi connectivity index (χ2n) is 7.93. The molecule has 2 aliphatic heterocycles. The highest BCUT2D eigenvalue weighted by molar-refractivity contribution is 7.89. The van der Waals surface area contributed by atoms with Crippen LogP contribution >= 0.6 is 11.6 Å². The number of hydrogen-bond acceptors (Lipinski definition) is 4. The fourth-order valence-corrected chi connectivity index (χ4v) is 6.27. The molecule has 0 radical (unpaired) electrons. The molecule has 162 valence electrons. The molecule has 1 atom stereocenters. The van der Waals surface area contributed by atoms with Gasteiger partial charge >= 0.3 is 0 Å². The molecule has 2 aliphatic rings. The van der Waals surface area contributed by atoms with Gasteiger partial charge in [0.15, 0.2) is 0 Å². The van der Waals surface area contributed by atoms with Crippen LogP contribution < -0.4 is 5.32 Å². The number of amides is 1. The number of rotatable bonds is 5. The maximum atomic E-state index is 13.0. The van der Waals surface area contributed by atoms with Crippen molar-refractivity contribution in [2.45, 2.75) is 43.7 Å². The fourth-order valence-electron chi connectivity index (χ4n) is 4.25. The summed E-state index contributed by atoms with van der Waals surface area (Å²) < 4.78 is 29.7. The lowest BCUT2D eigenvalue weighted by Crippen LogP contribution is -2.41. The van der Waals surface area contributed by atoms with E-state index in [1.165, 1.54) is 22.1 Å². The van der Waals surface area contributed by atoms with Crippen LogP contribution in [0.3, 0.4) is 0 Å². The van der Waals surface area contributed by atoms with Gasteiger partial charge < -0.3 is 9.88 Å². The Morgan fingerprint density at radius 2 is 1.90 bits per heavy atom. The van der Waals surface area contributed by atoms with Gasteiger partial charge in [0.05, 0.1) is 11.6 Å². The fraction of sp³-hybridized carbons (Fsp3) is 0.476. The molecule has 1 aromatic carbocycles. The molecule has 1 N–H and O–H groups in total. The first-order valence-corrected chi connectivity index (χ1v) is 12.2. The van der Waals surface area contributed by atoms with Gasteiger partial charge in [-0.25, -0.2) is 8.42 Å². The van der Waals surface area contributed by atoms with E-state index < -0.39 is 10.0 Å². The molecular formula is C21H27ClN4O3S. The van der Waals surface area contributed by atoms with Crippen LogP contribution in [-0.2, 0) is 21.4 Å². The van der Waals surface area contributed by atoms with Gasteiger partial charge in [0.25, 0.3) is 0 Å². The summed E-state index contributed by atoms with van der Waals surface area (Å²) in [6, 6.07) is 8.87. The first-order chi connectivity index (χ1) is 14.4. The predicted molar refractivity (Wildman–Crippen MR) is 117 cm³/mol. The molecule has 4 rings (SSSR count). The van der Waals surface area contributed by atoms with Crippen LogP contribution in [0.25, 0.3) is 0 Å². The number of benzene rings is 1. The first kappa shape index (κ1) is 21.4. The number of anilines is 1. The maximum absolute atomic E-state index is 13.0. The predicted octanol–water partition coefficient (Wildman–Crippen LogP) is 3.33. The minimum absolute atomic E-state index is 0.0491. The van der Waals surface area contributed by atoms with E-state index in [0.717, 1.165) is 32.4 Å². The normalized spacial score (nSPS) is 20.7. The number of sulfonamides is 1. The Labute approximate surface area is 182 Å². The summed E-state index contributed by atoms with van der Waals surface area (Å²) in [5.74, 6) is -0.175. The molecule has 7 nitrogen and oxygen atoms in total. The minimum atomic E-state index is -3.68. The largest absolute Gasteiger partial charge is 0.349 e. The lowest BCUT2D eigenvalue weighted by Gasteiger charge is -2.34. The number of carbonyl (C=O) groups is 1. The van der Waals surface area contributed by atoms with Gasteiger partial charge in [-0.15, -0.1) is 0 Å². The van der Waals surface area contributed by atoms with E-state index in [4.69, 9.17) is 11.6 Å². The Balaban J connectivity index is 1.46. The van der Waals surface area contributed by atoms with Crippen LogP contribution in [0, 0.1) is 0 Å². The Morgan fingerprint density at radius 1 is 1.13 bits per heavy atom. The third-order valence-electron chi connectivity index (χ3n) is 5.96. The number of piperidine rings is 1. The number of aromatic nitrogens is 1. The molecule has 0 saturated carbocycles. The minimum Gasteiger partial charge on any atom is -0.349 e. The van der Waals surface area contributed by atoms with Gasteiger partial charge in [-0.05, 0) is 50.1 Å². The summed E-state index contributed by atoms with van der Waals surface area (Å²) in [6.45, 7) is 4.96. The third kappa shape index (κ3) is 4.27. The van der Waals surface area contributed by atoms with Crippen molar-refractivity contribution in [3.05, 3.63) is 47.2 Å². The topological polar surface area (TPSA) is 74.6 Å². The number of nitrogens with one attached hydrogen (secondary N) is 1. The molecule has 1 saturated heterocycles. The van der Waals surface area contributed by atoms with Crippen LogP contribution in [-0.4, -0.2) is 54.3 Å². The Kier molecular flexibility index (Phi) is 6.20. The van der Waals surface area contributed by atoms with Crippen LogP contribution in [0.4, 0.5) is 5.69 Å². The smallest absolute Gasteiger partial charge is 0.244 e. The number of nitrogens with zero attached hydrogens (tertiary/aromatic N) is 3. The molecule has 0 spiro atoms. The first-order valence-electron chi connectivity index (χ1n) is 10.3. The van der Waals surface area contributed by atoms with Gasteiger partial charge in [-0.1, -0.05) is 18.0 Å². The van der Waals surface area contributed by atoms with E-state index in [-0.39, 0.29) is 28.4 Å². The molecule has 1 amide bonds. The van der Waals surface area contributed by atoms with E-state index in [2.05, 4.69) is 34.0 Å². The van der Waals surface area contributed by atoms with Crippen LogP contribution in [0.2, 0.25) is 5.02 Å². The molecule has 0 bridgehead atoms. The van der Waals surface area contributed by atoms with Crippen molar-refractivity contribution in [1.29, 1.82) is 0 Å². The molecule has 0 aliphatic carbocycles. The van der Waals surface area contributed by atoms with Crippen LogP contribution in [0.5, 0.6) is 0 Å². The third-order valence-corrected chi connectivity index (χ3v) is 8.34. The zero-order chi connectivity index (χ0) is 21.3. The van der Waals surface area contributed by atoms with E-state index in [1.54, 1.807) is 6.07 Å². The molecule has 9 heteroatoms. The van der Waals surface area contributed by atoms with Crippen molar-refractivity contribution in [3.63, 3.8) is 0 Å². The average molecular weight is 451 g/mol. The van der Waals surface area contributed by atoms with Crippen molar-refractivity contribution >= 4 is 33.2 Å². The number of halogens is 1. The molecule has 2 aromatic rings. The summed E-state index contributed by atoms with van der Waals surface area (Å²) in [5.41, 5.74) is 1.63. The highest BCUT2D eigenvalue weighted by atomic mass is 35.5. The molecule has 3 heterocycles. The standard InChI is InChI=1S/C21H27ClN4O3S/c1-16-19-6-5-9-24(19)12-13-25(16)15-21(27)23-17-7-8-18(22)20(14-17)30(28,29)26-10-3-2-4-11-26/h5-9,14,16H,2-4,10-13,15H2,1H3,(H,23,27)/t16-/m0/s1. The van der Waals surface area contributed by atoms with E-state index >= 15 is 0 Å². The van der Waals surface area contributed by atoms with Crippen molar-refractivity contribution in [1.82, 2.24) is 13.8 Å².